The molecule has 0 bridgehead atoms. The van der Waals surface area contributed by atoms with Crippen LogP contribution in [-0.2, 0) is 0 Å². The number of halogens is 1. The lowest BCUT2D eigenvalue weighted by Crippen LogP contribution is -2.21. The van der Waals surface area contributed by atoms with Crippen molar-refractivity contribution in [2.24, 2.45) is 0 Å². The summed E-state index contributed by atoms with van der Waals surface area (Å²) >= 11 is 4.58. The lowest BCUT2D eigenvalue weighted by molar-refractivity contribution is 0.102. The lowest BCUT2D eigenvalue weighted by Gasteiger charge is -2.09. The Labute approximate surface area is 142 Å². The average molecular weight is 393 g/mol. The van der Waals surface area contributed by atoms with Gasteiger partial charge < -0.3 is 11.1 Å². The number of nitrogen functional groups attached to an aromatic ring is 1. The van der Waals surface area contributed by atoms with Gasteiger partial charge in [0.1, 0.15) is 10.4 Å². The number of aromatic amines is 1. The molecule has 0 aromatic carbocycles. The van der Waals surface area contributed by atoms with E-state index in [9.17, 15) is 9.59 Å². The van der Waals surface area contributed by atoms with E-state index in [1.165, 1.54) is 23.7 Å². The third-order valence-corrected chi connectivity index (χ3v) is 4.11. The fraction of sp³-hybridized carbons (Fsp3) is 0. The van der Waals surface area contributed by atoms with Crippen LogP contribution >= 0.6 is 27.3 Å². The Morgan fingerprint density at radius 1 is 1.35 bits per heavy atom. The maximum atomic E-state index is 12.4. The number of H-pyrrole nitrogens is 1. The van der Waals surface area contributed by atoms with Crippen LogP contribution in [0.4, 0.5) is 11.6 Å². The zero-order valence-corrected chi connectivity index (χ0v) is 13.8. The van der Waals surface area contributed by atoms with Gasteiger partial charge in [0.15, 0.2) is 11.5 Å². The number of aromatic nitrogens is 4. The Morgan fingerprint density at radius 3 is 2.91 bits per heavy atom. The number of amides is 1. The minimum absolute atomic E-state index is 0.0141. The molecule has 3 aromatic heterocycles. The Morgan fingerprint density at radius 2 is 2.17 bits per heavy atom. The molecule has 0 aliphatic carbocycles. The Balaban J connectivity index is 2.00. The van der Waals surface area contributed by atoms with Gasteiger partial charge in [0.2, 0.25) is 0 Å². The number of nitrogens with two attached hydrogens (primary N) is 1. The number of hydrogen-bond donors (Lipinski definition) is 3. The molecular weight excluding hydrogens is 384 g/mol. The fourth-order valence-electron chi connectivity index (χ4n) is 1.83. The molecule has 23 heavy (non-hydrogen) atoms. The molecule has 0 unspecified atom stereocenters. The maximum absolute atomic E-state index is 12.4. The van der Waals surface area contributed by atoms with Gasteiger partial charge in [0.25, 0.3) is 5.91 Å². The highest BCUT2D eigenvalue weighted by Gasteiger charge is 2.17. The first kappa shape index (κ1) is 15.3. The van der Waals surface area contributed by atoms with E-state index in [-0.39, 0.29) is 17.3 Å². The number of nitrogens with one attached hydrogen (secondary N) is 2. The van der Waals surface area contributed by atoms with Gasteiger partial charge in [-0.3, -0.25) is 9.78 Å². The van der Waals surface area contributed by atoms with Crippen molar-refractivity contribution in [3.05, 3.63) is 50.7 Å². The predicted octanol–water partition coefficient (Wildman–Crippen LogP) is 1.89. The summed E-state index contributed by atoms with van der Waals surface area (Å²) < 4.78 is 0.374. The number of anilines is 2. The second-order valence-corrected chi connectivity index (χ2v) is 6.10. The van der Waals surface area contributed by atoms with Gasteiger partial charge in [-0.1, -0.05) is 6.07 Å². The van der Waals surface area contributed by atoms with Crippen LogP contribution in [-0.4, -0.2) is 25.8 Å². The molecule has 0 radical (unpaired) electrons. The van der Waals surface area contributed by atoms with E-state index >= 15 is 0 Å². The van der Waals surface area contributed by atoms with E-state index < -0.39 is 11.6 Å². The molecule has 0 saturated carbocycles. The molecule has 8 nitrogen and oxygen atoms in total. The van der Waals surface area contributed by atoms with Crippen LogP contribution in [0.1, 0.15) is 10.5 Å². The quantitative estimate of drug-likeness (QED) is 0.624. The van der Waals surface area contributed by atoms with Crippen LogP contribution < -0.4 is 16.7 Å². The molecule has 3 rings (SSSR count). The van der Waals surface area contributed by atoms with Gasteiger partial charge in [-0.05, 0) is 27.4 Å². The van der Waals surface area contributed by atoms with Crippen LogP contribution in [0, 0.1) is 0 Å². The van der Waals surface area contributed by atoms with E-state index in [2.05, 4.69) is 41.2 Å². The molecule has 10 heteroatoms. The lowest BCUT2D eigenvalue weighted by atomic mass is 10.2. The average Bonchev–Trinajstić information content (AvgIpc) is 3.04. The smallest absolute Gasteiger partial charge is 0.346 e. The van der Waals surface area contributed by atoms with Crippen molar-refractivity contribution >= 4 is 44.8 Å². The Kier molecular flexibility index (Phi) is 4.17. The van der Waals surface area contributed by atoms with Crippen molar-refractivity contribution in [2.75, 3.05) is 11.1 Å². The van der Waals surface area contributed by atoms with Crippen LogP contribution in [0.2, 0.25) is 0 Å². The number of rotatable bonds is 3. The normalized spacial score (nSPS) is 10.5. The first-order valence-electron chi connectivity index (χ1n) is 6.27. The summed E-state index contributed by atoms with van der Waals surface area (Å²) in [5.74, 6) is -0.380. The van der Waals surface area contributed by atoms with Crippen molar-refractivity contribution in [3.8, 4) is 10.4 Å². The number of carbonyl (C=O) groups excluding carboxylic acids is 1. The second kappa shape index (κ2) is 6.26. The molecule has 0 aliphatic heterocycles. The minimum atomic E-state index is -0.587. The van der Waals surface area contributed by atoms with Gasteiger partial charge in [0.05, 0.1) is 11.8 Å². The number of nitrogens with zero attached hydrogens (tertiary/aromatic N) is 3. The molecule has 4 N–H and O–H groups in total. The standard InChI is InChI=1S/C13H9BrN6O2S/c14-8-5-16-10(15)9(18-8)12(21)19-11-6(4-17-13(22)20-11)7-2-1-3-23-7/h1-5H,(H2,15,16)(H2,17,19,20,21,22). The van der Waals surface area contributed by atoms with Crippen molar-refractivity contribution in [3.63, 3.8) is 0 Å². The van der Waals surface area contributed by atoms with Crippen LogP contribution in [0.5, 0.6) is 0 Å². The number of carbonyl (C=O) groups is 1. The molecule has 0 fully saturated rings. The van der Waals surface area contributed by atoms with E-state index in [1.54, 1.807) is 0 Å². The van der Waals surface area contributed by atoms with Gasteiger partial charge in [-0.2, -0.15) is 0 Å². The first-order valence-corrected chi connectivity index (χ1v) is 7.94. The monoisotopic (exact) mass is 392 g/mol. The van der Waals surface area contributed by atoms with E-state index in [0.717, 1.165) is 4.88 Å². The van der Waals surface area contributed by atoms with Gasteiger partial charge in [0, 0.05) is 11.1 Å². The van der Waals surface area contributed by atoms with Crippen LogP contribution in [0.25, 0.3) is 10.4 Å². The molecule has 0 atom stereocenters. The van der Waals surface area contributed by atoms with Gasteiger partial charge >= 0.3 is 5.69 Å². The third kappa shape index (κ3) is 3.27. The molecule has 0 spiro atoms. The SMILES string of the molecule is Nc1ncc(Br)nc1C(=O)Nc1[nH]c(=O)ncc1-c1cccs1. The van der Waals surface area contributed by atoms with E-state index in [0.29, 0.717) is 10.2 Å². The topological polar surface area (TPSA) is 127 Å². The Bertz CT molecular complexity index is 924. The third-order valence-electron chi connectivity index (χ3n) is 2.82. The second-order valence-electron chi connectivity index (χ2n) is 4.34. The maximum Gasteiger partial charge on any atom is 0.346 e. The molecule has 3 aromatic rings. The highest BCUT2D eigenvalue weighted by molar-refractivity contribution is 9.10. The summed E-state index contributed by atoms with van der Waals surface area (Å²) in [5, 5.41) is 4.47. The van der Waals surface area contributed by atoms with Gasteiger partial charge in [-0.25, -0.2) is 19.7 Å². The molecule has 0 aliphatic rings. The summed E-state index contributed by atoms with van der Waals surface area (Å²) in [6.07, 6.45) is 2.79. The van der Waals surface area contributed by atoms with Crippen molar-refractivity contribution in [1.82, 2.24) is 19.9 Å². The summed E-state index contributed by atoms with van der Waals surface area (Å²) in [6, 6.07) is 3.71. The molecular formula is C13H9BrN6O2S. The predicted molar refractivity (Wildman–Crippen MR) is 90.3 cm³/mol. The fourth-order valence-corrected chi connectivity index (χ4v) is 2.85. The molecule has 3 heterocycles. The van der Waals surface area contributed by atoms with Crippen molar-refractivity contribution in [2.45, 2.75) is 0 Å². The van der Waals surface area contributed by atoms with E-state index in [4.69, 9.17) is 5.73 Å². The summed E-state index contributed by atoms with van der Waals surface area (Å²) in [6.45, 7) is 0. The highest BCUT2D eigenvalue weighted by Crippen LogP contribution is 2.29. The summed E-state index contributed by atoms with van der Waals surface area (Å²) in [7, 11) is 0. The number of hydrogen-bond acceptors (Lipinski definition) is 7. The largest absolute Gasteiger partial charge is 0.382 e. The summed E-state index contributed by atoms with van der Waals surface area (Å²) in [4.78, 5) is 38.7. The van der Waals surface area contributed by atoms with Crippen molar-refractivity contribution < 1.29 is 4.79 Å². The Hall–Kier alpha value is -2.59. The van der Waals surface area contributed by atoms with Gasteiger partial charge in [-0.15, -0.1) is 11.3 Å². The number of thiophene rings is 1. The van der Waals surface area contributed by atoms with Crippen molar-refractivity contribution in [1.29, 1.82) is 0 Å². The highest BCUT2D eigenvalue weighted by atomic mass is 79.9. The molecule has 116 valence electrons. The van der Waals surface area contributed by atoms with E-state index in [1.807, 2.05) is 17.5 Å². The molecule has 1 amide bonds. The zero-order chi connectivity index (χ0) is 16.4. The molecule has 0 saturated heterocycles. The van der Waals surface area contributed by atoms with Crippen LogP contribution in [0.3, 0.4) is 0 Å². The van der Waals surface area contributed by atoms with Crippen LogP contribution in [0.15, 0.2) is 39.3 Å². The summed E-state index contributed by atoms with van der Waals surface area (Å²) in [5.41, 5.74) is 5.64. The zero-order valence-electron chi connectivity index (χ0n) is 11.4. The minimum Gasteiger partial charge on any atom is -0.382 e. The first-order chi connectivity index (χ1) is 11.0.